The van der Waals surface area contributed by atoms with Gasteiger partial charge in [-0.1, -0.05) is 11.6 Å². The predicted molar refractivity (Wildman–Crippen MR) is 79.2 cm³/mol. The zero-order valence-electron chi connectivity index (χ0n) is 11.8. The summed E-state index contributed by atoms with van der Waals surface area (Å²) < 4.78 is 43.9. The van der Waals surface area contributed by atoms with E-state index < -0.39 is 39.4 Å². The lowest BCUT2D eigenvalue weighted by Gasteiger charge is -2.18. The van der Waals surface area contributed by atoms with Crippen LogP contribution in [0.3, 0.4) is 0 Å². The maximum atomic E-state index is 13.1. The van der Waals surface area contributed by atoms with Gasteiger partial charge < -0.3 is 4.74 Å². The van der Waals surface area contributed by atoms with Gasteiger partial charge in [0, 0.05) is 22.2 Å². The van der Waals surface area contributed by atoms with Gasteiger partial charge in [-0.15, -0.1) is 11.3 Å². The molecule has 1 heterocycles. The van der Waals surface area contributed by atoms with E-state index in [1.54, 1.807) is 0 Å². The molecule has 2 rings (SSSR count). The molecule has 0 N–H and O–H groups in total. The molecule has 24 heavy (non-hydrogen) atoms. The first-order valence-corrected chi connectivity index (χ1v) is 7.49. The van der Waals surface area contributed by atoms with E-state index in [2.05, 4.69) is 9.72 Å². The van der Waals surface area contributed by atoms with Crippen LogP contribution in [0, 0.1) is 17.0 Å². The zero-order chi connectivity index (χ0) is 18.1. The molecule has 128 valence electrons. The Labute approximate surface area is 142 Å². The number of nitro benzene ring substituents is 1. The van der Waals surface area contributed by atoms with Crippen molar-refractivity contribution in [3.63, 3.8) is 0 Å². The Kier molecular flexibility index (Phi) is 5.09. The normalized spacial score (nSPS) is 12.7. The van der Waals surface area contributed by atoms with Crippen molar-refractivity contribution in [2.45, 2.75) is 19.2 Å². The van der Waals surface area contributed by atoms with Crippen LogP contribution in [0.4, 0.5) is 18.9 Å². The standard InChI is InChI=1S/C13H8ClF3N2O4S/c1-6-5-24-11(18-6)10(13(15,16)17)23-12(20)8-3-2-7(14)4-9(8)19(21)22/h2-5,10H,1H3. The van der Waals surface area contributed by atoms with E-state index in [1.165, 1.54) is 12.3 Å². The number of thiazole rings is 1. The van der Waals surface area contributed by atoms with Crippen LogP contribution < -0.4 is 0 Å². The number of benzene rings is 1. The summed E-state index contributed by atoms with van der Waals surface area (Å²) in [6, 6.07) is 2.93. The minimum Gasteiger partial charge on any atom is -0.441 e. The summed E-state index contributed by atoms with van der Waals surface area (Å²) in [5.74, 6) is -1.49. The molecule has 0 radical (unpaired) electrons. The van der Waals surface area contributed by atoms with E-state index in [4.69, 9.17) is 11.6 Å². The Morgan fingerprint density at radius 3 is 2.62 bits per heavy atom. The Morgan fingerprint density at radius 2 is 2.12 bits per heavy atom. The van der Waals surface area contributed by atoms with Gasteiger partial charge in [0.25, 0.3) is 5.69 Å². The molecule has 0 aliphatic heterocycles. The zero-order valence-corrected chi connectivity index (χ0v) is 13.4. The number of nitro groups is 1. The van der Waals surface area contributed by atoms with Crippen molar-refractivity contribution in [3.05, 3.63) is 55.0 Å². The van der Waals surface area contributed by atoms with E-state index >= 15 is 0 Å². The fourth-order valence-electron chi connectivity index (χ4n) is 1.75. The van der Waals surface area contributed by atoms with Gasteiger partial charge in [0.05, 0.1) is 4.92 Å². The molecule has 0 spiro atoms. The topological polar surface area (TPSA) is 82.3 Å². The van der Waals surface area contributed by atoms with Gasteiger partial charge in [0.15, 0.2) is 0 Å². The number of ether oxygens (including phenoxy) is 1. The Morgan fingerprint density at radius 1 is 1.46 bits per heavy atom. The lowest BCUT2D eigenvalue weighted by molar-refractivity contribution is -0.385. The van der Waals surface area contributed by atoms with Crippen LogP contribution >= 0.6 is 22.9 Å². The van der Waals surface area contributed by atoms with E-state index in [9.17, 15) is 28.1 Å². The molecule has 1 atom stereocenters. The summed E-state index contributed by atoms with van der Waals surface area (Å²) in [6.45, 7) is 1.49. The Bertz CT molecular complexity index is 794. The number of rotatable bonds is 4. The van der Waals surface area contributed by atoms with Crippen LogP contribution in [0.2, 0.25) is 5.02 Å². The van der Waals surface area contributed by atoms with Crippen molar-refractivity contribution in [1.82, 2.24) is 4.98 Å². The SMILES string of the molecule is Cc1csc(C(OC(=O)c2ccc(Cl)cc2[N+](=O)[O-])C(F)(F)F)n1. The monoisotopic (exact) mass is 380 g/mol. The molecule has 0 aliphatic rings. The van der Waals surface area contributed by atoms with Gasteiger partial charge >= 0.3 is 12.1 Å². The number of hydrogen-bond donors (Lipinski definition) is 0. The van der Waals surface area contributed by atoms with Gasteiger partial charge in [0.1, 0.15) is 10.6 Å². The summed E-state index contributed by atoms with van der Waals surface area (Å²) in [7, 11) is 0. The van der Waals surface area contributed by atoms with Crippen molar-refractivity contribution >= 4 is 34.6 Å². The molecule has 1 unspecified atom stereocenters. The van der Waals surface area contributed by atoms with Crippen LogP contribution in [-0.4, -0.2) is 22.1 Å². The quantitative estimate of drug-likeness (QED) is 0.444. The van der Waals surface area contributed by atoms with Crippen LogP contribution in [0.15, 0.2) is 23.6 Å². The number of carbonyl (C=O) groups is 1. The van der Waals surface area contributed by atoms with Crippen molar-refractivity contribution in [2.75, 3.05) is 0 Å². The summed E-state index contributed by atoms with van der Waals surface area (Å²) in [5, 5.41) is 11.8. The number of nitrogens with zero attached hydrogens (tertiary/aromatic N) is 2. The van der Waals surface area contributed by atoms with Crippen LogP contribution in [-0.2, 0) is 4.74 Å². The average molecular weight is 381 g/mol. The number of esters is 1. The maximum Gasteiger partial charge on any atom is 0.432 e. The van der Waals surface area contributed by atoms with Crippen LogP contribution in [0.25, 0.3) is 0 Å². The minimum absolute atomic E-state index is 0.0406. The lowest BCUT2D eigenvalue weighted by Crippen LogP contribution is -2.26. The fourth-order valence-corrected chi connectivity index (χ4v) is 2.76. The second-order valence-electron chi connectivity index (χ2n) is 4.57. The molecule has 0 aliphatic carbocycles. The first-order valence-electron chi connectivity index (χ1n) is 6.23. The predicted octanol–water partition coefficient (Wildman–Crippen LogP) is 4.47. The second kappa shape index (κ2) is 6.73. The summed E-state index contributed by atoms with van der Waals surface area (Å²) in [4.78, 5) is 25.7. The molecule has 1 aromatic carbocycles. The number of aryl methyl sites for hydroxylation is 1. The second-order valence-corrected chi connectivity index (χ2v) is 5.90. The highest BCUT2D eigenvalue weighted by Crippen LogP contribution is 2.38. The minimum atomic E-state index is -4.92. The molecule has 11 heteroatoms. The van der Waals surface area contributed by atoms with Gasteiger partial charge in [0.2, 0.25) is 6.10 Å². The van der Waals surface area contributed by atoms with Crippen molar-refractivity contribution in [2.24, 2.45) is 0 Å². The first-order chi connectivity index (χ1) is 11.1. The molecule has 0 saturated carbocycles. The summed E-state index contributed by atoms with van der Waals surface area (Å²) in [6.07, 6.45) is -7.53. The molecule has 0 fully saturated rings. The van der Waals surface area contributed by atoms with Gasteiger partial charge in [-0.25, -0.2) is 9.78 Å². The summed E-state index contributed by atoms with van der Waals surface area (Å²) >= 11 is 6.27. The molecule has 0 bridgehead atoms. The van der Waals surface area contributed by atoms with E-state index in [1.807, 2.05) is 0 Å². The van der Waals surface area contributed by atoms with Gasteiger partial charge in [-0.3, -0.25) is 10.1 Å². The van der Waals surface area contributed by atoms with Crippen molar-refractivity contribution in [3.8, 4) is 0 Å². The lowest BCUT2D eigenvalue weighted by atomic mass is 10.2. The van der Waals surface area contributed by atoms with Crippen LogP contribution in [0.1, 0.15) is 27.2 Å². The Balaban J connectivity index is 2.37. The average Bonchev–Trinajstić information content (AvgIpc) is 2.89. The maximum absolute atomic E-state index is 13.1. The number of halogens is 4. The van der Waals surface area contributed by atoms with Crippen LogP contribution in [0.5, 0.6) is 0 Å². The van der Waals surface area contributed by atoms with Gasteiger partial charge in [-0.2, -0.15) is 13.2 Å². The number of alkyl halides is 3. The van der Waals surface area contributed by atoms with Crippen molar-refractivity contribution in [1.29, 1.82) is 0 Å². The number of aromatic nitrogens is 1. The smallest absolute Gasteiger partial charge is 0.432 e. The van der Waals surface area contributed by atoms with E-state index in [0.29, 0.717) is 17.0 Å². The third-order valence-corrected chi connectivity index (χ3v) is 4.00. The van der Waals surface area contributed by atoms with E-state index in [-0.39, 0.29) is 5.02 Å². The van der Waals surface area contributed by atoms with Gasteiger partial charge in [-0.05, 0) is 19.1 Å². The highest BCUT2D eigenvalue weighted by Gasteiger charge is 2.46. The molecule has 6 nitrogen and oxygen atoms in total. The largest absolute Gasteiger partial charge is 0.441 e. The molecule has 2 aromatic rings. The third-order valence-electron chi connectivity index (χ3n) is 2.76. The highest BCUT2D eigenvalue weighted by molar-refractivity contribution is 7.09. The third kappa shape index (κ3) is 4.01. The Hall–Kier alpha value is -2.20. The molecule has 0 saturated heterocycles. The molecular formula is C13H8ClF3N2O4S. The molecule has 0 amide bonds. The first kappa shape index (κ1) is 18.1. The number of carbonyl (C=O) groups excluding carboxylic acids is 1. The van der Waals surface area contributed by atoms with E-state index in [0.717, 1.165) is 18.2 Å². The highest BCUT2D eigenvalue weighted by atomic mass is 35.5. The van der Waals surface area contributed by atoms with Crippen molar-refractivity contribution < 1.29 is 27.6 Å². The molecule has 1 aromatic heterocycles. The number of hydrogen-bond acceptors (Lipinski definition) is 6. The fraction of sp³-hybridized carbons (Fsp3) is 0.231. The molecular weight excluding hydrogens is 373 g/mol. The summed E-state index contributed by atoms with van der Waals surface area (Å²) in [5.41, 5.74) is -1.05.